The van der Waals surface area contributed by atoms with Crippen molar-refractivity contribution in [3.63, 3.8) is 0 Å². The first-order valence-corrected chi connectivity index (χ1v) is 5.13. The van der Waals surface area contributed by atoms with Gasteiger partial charge in [-0.15, -0.1) is 0 Å². The zero-order chi connectivity index (χ0) is 11.4. The first-order valence-electron chi connectivity index (χ1n) is 4.61. The lowest BCUT2D eigenvalue weighted by molar-refractivity contribution is -0.142. The number of carbonyl (C=O) groups excluding carboxylic acids is 2. The number of hydrogen-bond acceptors (Lipinski definition) is 3. The Morgan fingerprint density at radius 3 is 2.80 bits per heavy atom. The summed E-state index contributed by atoms with van der Waals surface area (Å²) < 4.78 is 0. The van der Waals surface area contributed by atoms with Gasteiger partial charge >= 0.3 is 0 Å². The highest BCUT2D eigenvalue weighted by Gasteiger charge is 2.28. The fourth-order valence-corrected chi connectivity index (χ4v) is 1.39. The van der Waals surface area contributed by atoms with Crippen LogP contribution in [0.25, 0.3) is 0 Å². The summed E-state index contributed by atoms with van der Waals surface area (Å²) in [6.07, 6.45) is 6.38. The molecule has 1 rings (SSSR count). The Kier molecular flexibility index (Phi) is 3.91. The van der Waals surface area contributed by atoms with Gasteiger partial charge in [-0.25, -0.2) is 0 Å². The molecule has 3 nitrogen and oxygen atoms in total. The maximum Gasteiger partial charge on any atom is 0.257 e. The molecule has 0 radical (unpaired) electrons. The fraction of sp³-hybridized carbons (Fsp3) is 0.273. The Bertz CT molecular complexity index is 369. The second kappa shape index (κ2) is 4.98. The van der Waals surface area contributed by atoms with Crippen molar-refractivity contribution in [2.75, 3.05) is 0 Å². The van der Waals surface area contributed by atoms with Gasteiger partial charge in [0.2, 0.25) is 5.91 Å². The van der Waals surface area contributed by atoms with Crippen molar-refractivity contribution < 1.29 is 9.59 Å². The van der Waals surface area contributed by atoms with Gasteiger partial charge in [0.15, 0.2) is 0 Å². The molecule has 1 aliphatic heterocycles. The van der Waals surface area contributed by atoms with Crippen molar-refractivity contribution >= 4 is 24.4 Å². The molecule has 1 unspecified atom stereocenters. The van der Waals surface area contributed by atoms with Gasteiger partial charge in [-0.2, -0.15) is 12.6 Å². The molecular weight excluding hydrogens is 210 g/mol. The van der Waals surface area contributed by atoms with E-state index in [1.165, 1.54) is 11.0 Å². The topological polar surface area (TPSA) is 37.4 Å². The predicted octanol–water partition coefficient (Wildman–Crippen LogP) is 1.89. The highest BCUT2D eigenvalue weighted by molar-refractivity contribution is 7.83. The van der Waals surface area contributed by atoms with Crippen molar-refractivity contribution in [2.45, 2.75) is 13.8 Å². The number of allylic oxidation sites excluding steroid dienone is 3. The lowest BCUT2D eigenvalue weighted by Gasteiger charge is -2.25. The molecule has 0 spiro atoms. The van der Waals surface area contributed by atoms with Gasteiger partial charge in [-0.05, 0) is 18.4 Å². The first kappa shape index (κ1) is 11.8. The predicted molar refractivity (Wildman–Crippen MR) is 62.0 cm³/mol. The van der Waals surface area contributed by atoms with Crippen LogP contribution in [0.5, 0.6) is 0 Å². The van der Waals surface area contributed by atoms with Gasteiger partial charge in [0.1, 0.15) is 0 Å². The minimum atomic E-state index is -0.292. The van der Waals surface area contributed by atoms with E-state index in [0.717, 1.165) is 0 Å². The number of amides is 2. The largest absolute Gasteiger partial charge is 0.273 e. The molecule has 0 saturated heterocycles. The van der Waals surface area contributed by atoms with Crippen molar-refractivity contribution in [3.8, 4) is 0 Å². The summed E-state index contributed by atoms with van der Waals surface area (Å²) >= 11 is 3.89. The maximum atomic E-state index is 11.7. The molecule has 1 atom stereocenters. The second-order valence-electron chi connectivity index (χ2n) is 3.31. The van der Waals surface area contributed by atoms with E-state index < -0.39 is 0 Å². The lowest BCUT2D eigenvalue weighted by Crippen LogP contribution is -2.40. The summed E-state index contributed by atoms with van der Waals surface area (Å²) in [7, 11) is 0. The number of rotatable bonds is 2. The lowest BCUT2D eigenvalue weighted by atomic mass is 10.1. The summed E-state index contributed by atoms with van der Waals surface area (Å²) in [5, 5.41) is 1.54. The van der Waals surface area contributed by atoms with Crippen molar-refractivity contribution in [2.24, 2.45) is 5.92 Å². The normalized spacial score (nSPS) is 23.0. The molecule has 0 aromatic carbocycles. The Labute approximate surface area is 94.6 Å². The molecule has 1 heterocycles. The smallest absolute Gasteiger partial charge is 0.257 e. The third-order valence-electron chi connectivity index (χ3n) is 2.13. The number of imide groups is 1. The molecule has 80 valence electrons. The van der Waals surface area contributed by atoms with E-state index in [0.29, 0.717) is 5.70 Å². The molecule has 1 aliphatic rings. The van der Waals surface area contributed by atoms with Crippen LogP contribution in [0.2, 0.25) is 0 Å². The Balaban J connectivity index is 2.98. The van der Waals surface area contributed by atoms with Crippen LogP contribution in [-0.4, -0.2) is 16.7 Å². The van der Waals surface area contributed by atoms with Gasteiger partial charge in [-0.3, -0.25) is 14.5 Å². The summed E-state index contributed by atoms with van der Waals surface area (Å²) in [6.45, 7) is 3.48. The van der Waals surface area contributed by atoms with Crippen LogP contribution >= 0.6 is 12.6 Å². The van der Waals surface area contributed by atoms with E-state index in [1.807, 2.05) is 0 Å². The SMILES string of the molecule is C/C(=C\C=C/S)N1C(=O)C=CC(C)C1=O. The zero-order valence-corrected chi connectivity index (χ0v) is 9.57. The van der Waals surface area contributed by atoms with Crippen molar-refractivity contribution in [1.82, 2.24) is 4.90 Å². The molecule has 0 fully saturated rings. The molecule has 0 aliphatic carbocycles. The van der Waals surface area contributed by atoms with E-state index in [4.69, 9.17) is 0 Å². The average molecular weight is 223 g/mol. The molecule has 0 aromatic heterocycles. The van der Waals surface area contributed by atoms with Crippen molar-refractivity contribution in [3.05, 3.63) is 35.4 Å². The van der Waals surface area contributed by atoms with E-state index in [9.17, 15) is 9.59 Å². The summed E-state index contributed by atoms with van der Waals surface area (Å²) in [4.78, 5) is 24.4. The van der Waals surface area contributed by atoms with Gasteiger partial charge in [0.25, 0.3) is 5.91 Å². The summed E-state index contributed by atoms with van der Waals surface area (Å²) in [5.74, 6) is -0.728. The van der Waals surface area contributed by atoms with Crippen LogP contribution in [0, 0.1) is 5.92 Å². The zero-order valence-electron chi connectivity index (χ0n) is 8.68. The second-order valence-corrected chi connectivity index (χ2v) is 3.61. The Morgan fingerprint density at radius 1 is 1.53 bits per heavy atom. The molecule has 2 amide bonds. The van der Waals surface area contributed by atoms with E-state index >= 15 is 0 Å². The van der Waals surface area contributed by atoms with Crippen molar-refractivity contribution in [1.29, 1.82) is 0 Å². The molecule has 0 N–H and O–H groups in total. The average Bonchev–Trinajstić information content (AvgIpc) is 2.21. The molecule has 0 bridgehead atoms. The number of nitrogens with zero attached hydrogens (tertiary/aromatic N) is 1. The Morgan fingerprint density at radius 2 is 2.20 bits per heavy atom. The fourth-order valence-electron chi connectivity index (χ4n) is 1.30. The first-order chi connectivity index (χ1) is 7.07. The molecule has 15 heavy (non-hydrogen) atoms. The van der Waals surface area contributed by atoms with Gasteiger partial charge < -0.3 is 0 Å². The summed E-state index contributed by atoms with van der Waals surface area (Å²) in [5.41, 5.74) is 0.603. The standard InChI is InChI=1S/C11H13NO2S/c1-8-5-6-10(13)12(11(8)14)9(2)4-3-7-15/h3-8,15H,1-2H3/b7-3-,9-4+. The molecular formula is C11H13NO2S. The van der Waals surface area contributed by atoms with Gasteiger partial charge in [0.05, 0.1) is 5.92 Å². The van der Waals surface area contributed by atoms with E-state index in [2.05, 4.69) is 12.6 Å². The number of hydrogen-bond donors (Lipinski definition) is 1. The highest BCUT2D eigenvalue weighted by atomic mass is 32.1. The maximum absolute atomic E-state index is 11.7. The van der Waals surface area contributed by atoms with Crippen LogP contribution in [0.15, 0.2) is 35.4 Å². The van der Waals surface area contributed by atoms with Gasteiger partial charge in [-0.1, -0.05) is 19.1 Å². The van der Waals surface area contributed by atoms with E-state index in [-0.39, 0.29) is 17.7 Å². The highest BCUT2D eigenvalue weighted by Crippen LogP contribution is 2.16. The van der Waals surface area contributed by atoms with Crippen LogP contribution in [0.4, 0.5) is 0 Å². The van der Waals surface area contributed by atoms with Crippen LogP contribution < -0.4 is 0 Å². The molecule has 4 heteroatoms. The van der Waals surface area contributed by atoms with Crippen LogP contribution in [-0.2, 0) is 9.59 Å². The molecule has 0 aromatic rings. The molecule has 0 saturated carbocycles. The number of carbonyl (C=O) groups is 2. The minimum Gasteiger partial charge on any atom is -0.273 e. The third kappa shape index (κ3) is 2.59. The monoisotopic (exact) mass is 223 g/mol. The van der Waals surface area contributed by atoms with Crippen LogP contribution in [0.1, 0.15) is 13.8 Å². The number of thiol groups is 1. The minimum absolute atomic E-state index is 0.191. The Hall–Kier alpha value is -1.29. The van der Waals surface area contributed by atoms with Gasteiger partial charge in [0, 0.05) is 11.8 Å². The quantitative estimate of drug-likeness (QED) is 0.441. The summed E-state index contributed by atoms with van der Waals surface area (Å²) in [6, 6.07) is 0. The van der Waals surface area contributed by atoms with Crippen LogP contribution in [0.3, 0.4) is 0 Å². The van der Waals surface area contributed by atoms with E-state index in [1.54, 1.807) is 37.5 Å². The third-order valence-corrected chi connectivity index (χ3v) is 2.31.